The second-order valence-electron chi connectivity index (χ2n) is 8.60. The van der Waals surface area contributed by atoms with E-state index in [4.69, 9.17) is 4.74 Å². The highest BCUT2D eigenvalue weighted by molar-refractivity contribution is 5.89. The van der Waals surface area contributed by atoms with E-state index in [0.29, 0.717) is 24.8 Å². The number of carbonyl (C=O) groups is 1. The quantitative estimate of drug-likeness (QED) is 0.638. The molecule has 0 aromatic heterocycles. The molecule has 5 atom stereocenters. The largest absolute Gasteiger partial charge is 0.458 e. The van der Waals surface area contributed by atoms with E-state index in [2.05, 4.69) is 0 Å². The average molecular weight is 358 g/mol. The number of esters is 1. The summed E-state index contributed by atoms with van der Waals surface area (Å²) in [5, 5.41) is 22.3. The molecule has 0 aliphatic heterocycles. The van der Waals surface area contributed by atoms with E-state index in [1.54, 1.807) is 12.1 Å². The van der Waals surface area contributed by atoms with Gasteiger partial charge in [-0.25, -0.2) is 4.79 Å². The fraction of sp³-hybridized carbons (Fsp3) is 0.591. The summed E-state index contributed by atoms with van der Waals surface area (Å²) >= 11 is 0. The van der Waals surface area contributed by atoms with Gasteiger partial charge in [-0.05, 0) is 37.8 Å². The number of benzene rings is 1. The van der Waals surface area contributed by atoms with Crippen molar-refractivity contribution in [3.63, 3.8) is 0 Å². The predicted molar refractivity (Wildman–Crippen MR) is 101 cm³/mol. The van der Waals surface area contributed by atoms with Crippen molar-refractivity contribution in [2.24, 2.45) is 17.3 Å². The van der Waals surface area contributed by atoms with Crippen molar-refractivity contribution in [3.05, 3.63) is 47.5 Å². The van der Waals surface area contributed by atoms with Crippen molar-refractivity contribution < 1.29 is 19.7 Å². The van der Waals surface area contributed by atoms with Crippen molar-refractivity contribution in [2.45, 2.75) is 64.8 Å². The molecule has 0 heterocycles. The van der Waals surface area contributed by atoms with Crippen LogP contribution in [0.15, 0.2) is 42.0 Å². The molecule has 0 amide bonds. The number of fused-ring (bicyclic) bond motifs is 1. The molecule has 2 aliphatic carbocycles. The van der Waals surface area contributed by atoms with Crippen LogP contribution in [0.2, 0.25) is 0 Å². The van der Waals surface area contributed by atoms with Crippen LogP contribution in [-0.4, -0.2) is 34.0 Å². The molecule has 142 valence electrons. The highest BCUT2D eigenvalue weighted by atomic mass is 16.5. The summed E-state index contributed by atoms with van der Waals surface area (Å²) in [4.78, 5) is 12.7. The molecule has 0 spiro atoms. The number of hydrogen-bond donors (Lipinski definition) is 2. The van der Waals surface area contributed by atoms with E-state index < -0.39 is 23.2 Å². The van der Waals surface area contributed by atoms with Gasteiger partial charge >= 0.3 is 5.97 Å². The van der Waals surface area contributed by atoms with Gasteiger partial charge in [-0.15, -0.1) is 0 Å². The molecule has 4 heteroatoms. The fourth-order valence-electron chi connectivity index (χ4n) is 4.93. The Morgan fingerprint density at radius 3 is 2.50 bits per heavy atom. The standard InChI is InChI=1S/C22H30O4/c1-14(2)22(25)11-10-21(4)18(23)13-15(3)12-17(19(21)22)26-20(24)16-8-6-5-7-9-16/h5-9,13-14,17-19,23,25H,10-12H2,1-4H3. The van der Waals surface area contributed by atoms with Gasteiger partial charge in [0.15, 0.2) is 0 Å². The number of aliphatic hydroxyl groups is 2. The normalized spacial score (nSPS) is 37.0. The molecular weight excluding hydrogens is 328 g/mol. The molecule has 2 N–H and O–H groups in total. The van der Waals surface area contributed by atoms with Gasteiger partial charge < -0.3 is 14.9 Å². The minimum atomic E-state index is -0.962. The number of aliphatic hydroxyl groups excluding tert-OH is 1. The molecule has 5 unspecified atom stereocenters. The molecule has 26 heavy (non-hydrogen) atoms. The Kier molecular flexibility index (Phi) is 5.02. The summed E-state index contributed by atoms with van der Waals surface area (Å²) in [7, 11) is 0. The lowest BCUT2D eigenvalue weighted by Crippen LogP contribution is -2.52. The highest BCUT2D eigenvalue weighted by Gasteiger charge is 2.61. The van der Waals surface area contributed by atoms with E-state index in [0.717, 1.165) is 5.57 Å². The van der Waals surface area contributed by atoms with E-state index in [1.807, 2.05) is 52.0 Å². The van der Waals surface area contributed by atoms with E-state index >= 15 is 0 Å². The first-order valence-corrected chi connectivity index (χ1v) is 9.52. The van der Waals surface area contributed by atoms with Gasteiger partial charge in [0.25, 0.3) is 0 Å². The third-order valence-corrected chi connectivity index (χ3v) is 6.59. The lowest BCUT2D eigenvalue weighted by atomic mass is 9.66. The zero-order chi connectivity index (χ0) is 19.1. The van der Waals surface area contributed by atoms with Crippen LogP contribution in [-0.2, 0) is 4.74 Å². The summed E-state index contributed by atoms with van der Waals surface area (Å²) in [5.41, 5.74) is 0.0191. The third-order valence-electron chi connectivity index (χ3n) is 6.59. The summed E-state index contributed by atoms with van der Waals surface area (Å²) in [6.07, 6.45) is 2.60. The van der Waals surface area contributed by atoms with Crippen molar-refractivity contribution in [1.29, 1.82) is 0 Å². The fourth-order valence-corrected chi connectivity index (χ4v) is 4.93. The monoisotopic (exact) mass is 358 g/mol. The van der Waals surface area contributed by atoms with Crippen molar-refractivity contribution in [2.75, 3.05) is 0 Å². The Labute approximate surface area is 155 Å². The Hall–Kier alpha value is -1.65. The van der Waals surface area contributed by atoms with Crippen LogP contribution in [0.1, 0.15) is 57.3 Å². The van der Waals surface area contributed by atoms with Crippen LogP contribution < -0.4 is 0 Å². The van der Waals surface area contributed by atoms with E-state index in [1.165, 1.54) is 0 Å². The van der Waals surface area contributed by atoms with E-state index in [-0.39, 0.29) is 17.8 Å². The minimum absolute atomic E-state index is 0.0119. The summed E-state index contributed by atoms with van der Waals surface area (Å²) in [5.74, 6) is -0.677. The van der Waals surface area contributed by atoms with Gasteiger partial charge in [-0.1, -0.05) is 50.6 Å². The average Bonchev–Trinajstić information content (AvgIpc) is 2.83. The highest BCUT2D eigenvalue weighted by Crippen LogP contribution is 2.58. The topological polar surface area (TPSA) is 66.8 Å². The summed E-state index contributed by atoms with van der Waals surface area (Å²) in [6, 6.07) is 8.95. The summed E-state index contributed by atoms with van der Waals surface area (Å²) < 4.78 is 5.95. The van der Waals surface area contributed by atoms with Gasteiger partial charge in [-0.3, -0.25) is 0 Å². The molecule has 1 aromatic carbocycles. The van der Waals surface area contributed by atoms with Gasteiger partial charge in [0, 0.05) is 17.8 Å². The van der Waals surface area contributed by atoms with Crippen LogP contribution >= 0.6 is 0 Å². The van der Waals surface area contributed by atoms with Gasteiger partial charge in [0.05, 0.1) is 17.3 Å². The molecule has 0 saturated heterocycles. The minimum Gasteiger partial charge on any atom is -0.458 e. The molecule has 0 radical (unpaired) electrons. The zero-order valence-electron chi connectivity index (χ0n) is 16.1. The lowest BCUT2D eigenvalue weighted by molar-refractivity contribution is -0.127. The molecule has 1 fully saturated rings. The number of hydrogen-bond acceptors (Lipinski definition) is 4. The maximum absolute atomic E-state index is 12.7. The van der Waals surface area contributed by atoms with Crippen molar-refractivity contribution in [3.8, 4) is 0 Å². The Balaban J connectivity index is 1.98. The third kappa shape index (κ3) is 3.10. The first-order valence-electron chi connectivity index (χ1n) is 9.52. The Morgan fingerprint density at radius 2 is 1.88 bits per heavy atom. The maximum atomic E-state index is 12.7. The number of ether oxygens (including phenoxy) is 1. The van der Waals surface area contributed by atoms with Crippen LogP contribution in [0.25, 0.3) is 0 Å². The second kappa shape index (κ2) is 6.82. The van der Waals surface area contributed by atoms with Crippen LogP contribution in [0, 0.1) is 17.3 Å². The predicted octanol–water partition coefficient (Wildman–Crippen LogP) is 3.73. The SMILES string of the molecule is CC1=CC(O)C2(C)CCC(O)(C(C)C)C2C(OC(=O)c2ccccc2)C1. The van der Waals surface area contributed by atoms with Crippen LogP contribution in [0.5, 0.6) is 0 Å². The molecule has 4 nitrogen and oxygen atoms in total. The Morgan fingerprint density at radius 1 is 1.23 bits per heavy atom. The number of carbonyl (C=O) groups excluding carboxylic acids is 1. The number of rotatable bonds is 3. The lowest BCUT2D eigenvalue weighted by Gasteiger charge is -2.44. The second-order valence-corrected chi connectivity index (χ2v) is 8.60. The molecule has 0 bridgehead atoms. The first-order chi connectivity index (χ1) is 12.2. The Bertz CT molecular complexity index is 695. The zero-order valence-corrected chi connectivity index (χ0v) is 16.1. The molecule has 1 aromatic rings. The smallest absolute Gasteiger partial charge is 0.338 e. The molecule has 1 saturated carbocycles. The van der Waals surface area contributed by atoms with Crippen LogP contribution in [0.4, 0.5) is 0 Å². The van der Waals surface area contributed by atoms with Gasteiger partial charge in [0.2, 0.25) is 0 Å². The maximum Gasteiger partial charge on any atom is 0.338 e. The van der Waals surface area contributed by atoms with Crippen molar-refractivity contribution >= 4 is 5.97 Å². The molecular formula is C22H30O4. The van der Waals surface area contributed by atoms with Crippen LogP contribution in [0.3, 0.4) is 0 Å². The first kappa shape index (κ1) is 19.1. The molecule has 3 rings (SSSR count). The van der Waals surface area contributed by atoms with Gasteiger partial charge in [0.1, 0.15) is 6.10 Å². The van der Waals surface area contributed by atoms with Crippen molar-refractivity contribution in [1.82, 2.24) is 0 Å². The molecule has 2 aliphatic rings. The van der Waals surface area contributed by atoms with E-state index in [9.17, 15) is 15.0 Å². The van der Waals surface area contributed by atoms with Gasteiger partial charge in [-0.2, -0.15) is 0 Å². The summed E-state index contributed by atoms with van der Waals surface area (Å²) in [6.45, 7) is 7.96.